The summed E-state index contributed by atoms with van der Waals surface area (Å²) < 4.78 is 11.0. The van der Waals surface area contributed by atoms with Gasteiger partial charge in [-0.15, -0.1) is 0 Å². The minimum absolute atomic E-state index is 0.221. The maximum absolute atomic E-state index is 11.5. The predicted octanol–water partition coefficient (Wildman–Crippen LogP) is 0.988. The fraction of sp³-hybridized carbons (Fsp3) is 0.400. The lowest BCUT2D eigenvalue weighted by atomic mass is 10.2. The number of hydrogen-bond acceptors (Lipinski definition) is 4. The molecular weight excluding hydrogens is 198 g/mol. The summed E-state index contributed by atoms with van der Waals surface area (Å²) in [5.74, 6) is -1.06. The van der Waals surface area contributed by atoms with Crippen LogP contribution in [0.4, 0.5) is 0 Å². The molecule has 0 aliphatic heterocycles. The van der Waals surface area contributed by atoms with E-state index in [4.69, 9.17) is 4.74 Å². The number of carbonyl (C=O) groups excluding carboxylic acids is 2. The highest BCUT2D eigenvalue weighted by Gasteiger charge is 2.20. The van der Waals surface area contributed by atoms with Crippen molar-refractivity contribution in [2.75, 3.05) is 13.7 Å². The summed E-state index contributed by atoms with van der Waals surface area (Å²) in [6.07, 6.45) is 3.06. The van der Waals surface area contributed by atoms with Crippen molar-refractivity contribution in [3.63, 3.8) is 0 Å². The summed E-state index contributed by atoms with van der Waals surface area (Å²) in [7, 11) is 2.99. The minimum Gasteiger partial charge on any atom is -0.465 e. The van der Waals surface area contributed by atoms with Crippen LogP contribution in [0.2, 0.25) is 0 Å². The van der Waals surface area contributed by atoms with Gasteiger partial charge in [0.15, 0.2) is 0 Å². The summed E-state index contributed by atoms with van der Waals surface area (Å²) in [5.41, 5.74) is 0.449. The van der Waals surface area contributed by atoms with E-state index in [2.05, 4.69) is 4.74 Å². The van der Waals surface area contributed by atoms with Crippen molar-refractivity contribution < 1.29 is 19.1 Å². The average Bonchev–Trinajstić information content (AvgIpc) is 2.59. The van der Waals surface area contributed by atoms with Gasteiger partial charge in [-0.2, -0.15) is 0 Å². The molecule has 1 rings (SSSR count). The Hall–Kier alpha value is -1.78. The first-order chi connectivity index (χ1) is 7.10. The van der Waals surface area contributed by atoms with Gasteiger partial charge in [-0.3, -0.25) is 0 Å². The number of aryl methyl sites for hydroxylation is 1. The number of rotatable bonds is 3. The van der Waals surface area contributed by atoms with E-state index in [1.807, 2.05) is 0 Å². The molecule has 0 bridgehead atoms. The predicted molar refractivity (Wildman–Crippen MR) is 52.7 cm³/mol. The summed E-state index contributed by atoms with van der Waals surface area (Å²) >= 11 is 0. The van der Waals surface area contributed by atoms with Gasteiger partial charge in [0, 0.05) is 19.4 Å². The molecule has 0 saturated carbocycles. The lowest BCUT2D eigenvalue weighted by Gasteiger charge is -2.01. The highest BCUT2D eigenvalue weighted by Crippen LogP contribution is 2.12. The zero-order valence-corrected chi connectivity index (χ0v) is 8.94. The number of methoxy groups -OCH3 is 1. The van der Waals surface area contributed by atoms with E-state index in [0.717, 1.165) is 0 Å². The molecule has 5 heteroatoms. The van der Waals surface area contributed by atoms with Crippen molar-refractivity contribution in [1.29, 1.82) is 0 Å². The molecule has 0 amide bonds. The van der Waals surface area contributed by atoms with Crippen LogP contribution in [0.5, 0.6) is 0 Å². The quantitative estimate of drug-likeness (QED) is 0.699. The first kappa shape index (κ1) is 11.3. The number of hydrogen-bond donors (Lipinski definition) is 0. The second kappa shape index (κ2) is 4.63. The van der Waals surface area contributed by atoms with Gasteiger partial charge in [-0.05, 0) is 6.92 Å². The van der Waals surface area contributed by atoms with E-state index in [9.17, 15) is 9.59 Å². The molecule has 15 heavy (non-hydrogen) atoms. The monoisotopic (exact) mass is 211 g/mol. The standard InChI is InChI=1S/C10H13NO4/c1-4-15-10(13)8-6-11(2)5-7(8)9(12)14-3/h5-6H,4H2,1-3H3. The van der Waals surface area contributed by atoms with Crippen molar-refractivity contribution >= 4 is 11.9 Å². The van der Waals surface area contributed by atoms with Crippen molar-refractivity contribution in [3.05, 3.63) is 23.5 Å². The fourth-order valence-electron chi connectivity index (χ4n) is 1.23. The molecule has 0 aliphatic carbocycles. The normalized spacial score (nSPS) is 9.80. The van der Waals surface area contributed by atoms with Gasteiger partial charge in [0.1, 0.15) is 0 Å². The third kappa shape index (κ3) is 2.37. The Morgan fingerprint density at radius 1 is 1.27 bits per heavy atom. The third-order valence-electron chi connectivity index (χ3n) is 1.86. The van der Waals surface area contributed by atoms with Crippen molar-refractivity contribution in [1.82, 2.24) is 4.57 Å². The van der Waals surface area contributed by atoms with E-state index in [0.29, 0.717) is 0 Å². The molecule has 1 aromatic rings. The van der Waals surface area contributed by atoms with Gasteiger partial charge < -0.3 is 14.0 Å². The molecule has 0 saturated heterocycles. The topological polar surface area (TPSA) is 57.5 Å². The molecule has 82 valence electrons. The first-order valence-electron chi connectivity index (χ1n) is 4.51. The summed E-state index contributed by atoms with van der Waals surface area (Å²) in [6, 6.07) is 0. The fourth-order valence-corrected chi connectivity index (χ4v) is 1.23. The molecule has 0 radical (unpaired) electrons. The van der Waals surface area contributed by atoms with E-state index in [-0.39, 0.29) is 17.7 Å². The first-order valence-corrected chi connectivity index (χ1v) is 4.51. The zero-order chi connectivity index (χ0) is 11.4. The zero-order valence-electron chi connectivity index (χ0n) is 8.94. The smallest absolute Gasteiger partial charge is 0.340 e. The van der Waals surface area contributed by atoms with Crippen LogP contribution in [-0.4, -0.2) is 30.2 Å². The highest BCUT2D eigenvalue weighted by atomic mass is 16.5. The van der Waals surface area contributed by atoms with Gasteiger partial charge in [0.25, 0.3) is 0 Å². The lowest BCUT2D eigenvalue weighted by molar-refractivity contribution is 0.0505. The summed E-state index contributed by atoms with van der Waals surface area (Å²) in [5, 5.41) is 0. The van der Waals surface area contributed by atoms with Crippen LogP contribution in [0.3, 0.4) is 0 Å². The minimum atomic E-state index is -0.543. The Morgan fingerprint density at radius 2 is 1.80 bits per heavy atom. The number of nitrogens with zero attached hydrogens (tertiary/aromatic N) is 1. The van der Waals surface area contributed by atoms with Crippen LogP contribution in [0, 0.1) is 0 Å². The van der Waals surface area contributed by atoms with E-state index in [1.165, 1.54) is 19.5 Å². The molecule has 0 atom stereocenters. The second-order valence-corrected chi connectivity index (χ2v) is 2.96. The third-order valence-corrected chi connectivity index (χ3v) is 1.86. The lowest BCUT2D eigenvalue weighted by Crippen LogP contribution is -2.10. The van der Waals surface area contributed by atoms with Crippen LogP contribution < -0.4 is 0 Å². The molecule has 0 spiro atoms. The molecule has 1 aromatic heterocycles. The van der Waals surface area contributed by atoms with Crippen molar-refractivity contribution in [2.45, 2.75) is 6.92 Å². The van der Waals surface area contributed by atoms with Crippen LogP contribution in [0.1, 0.15) is 27.6 Å². The van der Waals surface area contributed by atoms with Gasteiger partial charge in [0.2, 0.25) is 0 Å². The maximum atomic E-state index is 11.5. The van der Waals surface area contributed by atoms with Crippen LogP contribution in [-0.2, 0) is 16.5 Å². The van der Waals surface area contributed by atoms with Crippen LogP contribution >= 0.6 is 0 Å². The van der Waals surface area contributed by atoms with Gasteiger partial charge in [-0.1, -0.05) is 0 Å². The molecule has 0 unspecified atom stereocenters. The number of ether oxygens (including phenoxy) is 2. The van der Waals surface area contributed by atoms with Crippen molar-refractivity contribution in [2.24, 2.45) is 7.05 Å². The maximum Gasteiger partial charge on any atom is 0.340 e. The Balaban J connectivity index is 3.06. The van der Waals surface area contributed by atoms with Crippen LogP contribution in [0.25, 0.3) is 0 Å². The van der Waals surface area contributed by atoms with E-state index < -0.39 is 11.9 Å². The average molecular weight is 211 g/mol. The summed E-state index contributed by atoms with van der Waals surface area (Å²) in [6.45, 7) is 1.98. The molecule has 0 aliphatic rings. The number of aromatic nitrogens is 1. The molecule has 5 nitrogen and oxygen atoms in total. The Morgan fingerprint density at radius 3 is 2.27 bits per heavy atom. The molecule has 0 N–H and O–H groups in total. The Bertz CT molecular complexity index is 381. The van der Waals surface area contributed by atoms with E-state index >= 15 is 0 Å². The van der Waals surface area contributed by atoms with Gasteiger partial charge in [0.05, 0.1) is 24.8 Å². The molecule has 0 fully saturated rings. The highest BCUT2D eigenvalue weighted by molar-refractivity contribution is 6.03. The molecule has 0 aromatic carbocycles. The largest absolute Gasteiger partial charge is 0.465 e. The van der Waals surface area contributed by atoms with Crippen molar-refractivity contribution in [3.8, 4) is 0 Å². The molecular formula is C10H13NO4. The molecule has 1 heterocycles. The van der Waals surface area contributed by atoms with Crippen LogP contribution in [0.15, 0.2) is 12.4 Å². The summed E-state index contributed by atoms with van der Waals surface area (Å²) in [4.78, 5) is 22.8. The number of carbonyl (C=O) groups is 2. The number of esters is 2. The Kier molecular flexibility index (Phi) is 3.49. The van der Waals surface area contributed by atoms with Gasteiger partial charge >= 0.3 is 11.9 Å². The SMILES string of the molecule is CCOC(=O)c1cn(C)cc1C(=O)OC. The van der Waals surface area contributed by atoms with Gasteiger partial charge in [-0.25, -0.2) is 9.59 Å². The second-order valence-electron chi connectivity index (χ2n) is 2.96. The van der Waals surface area contributed by atoms with E-state index in [1.54, 1.807) is 18.5 Å². The Labute approximate surface area is 87.6 Å².